The van der Waals surface area contributed by atoms with Gasteiger partial charge in [0.1, 0.15) is 0 Å². The Morgan fingerprint density at radius 1 is 1.29 bits per heavy atom. The summed E-state index contributed by atoms with van der Waals surface area (Å²) in [6.45, 7) is 0. The van der Waals surface area contributed by atoms with E-state index in [0.717, 1.165) is 40.7 Å². The summed E-state index contributed by atoms with van der Waals surface area (Å²) in [5.74, 6) is 0.0779. The number of rotatable bonds is 2. The molecule has 106 valence electrons. The molecule has 1 aliphatic carbocycles. The lowest BCUT2D eigenvalue weighted by Crippen LogP contribution is -2.18. The lowest BCUT2D eigenvalue weighted by molar-refractivity contribution is 0.134. The van der Waals surface area contributed by atoms with Crippen LogP contribution in [0.1, 0.15) is 41.7 Å². The molecule has 2 atom stereocenters. The molecule has 3 heterocycles. The molecule has 3 nitrogen and oxygen atoms in total. The van der Waals surface area contributed by atoms with Crippen LogP contribution < -0.4 is 0 Å². The Hall–Kier alpha value is -1.78. The molecule has 3 aromatic heterocycles. The highest BCUT2D eigenvalue weighted by Crippen LogP contribution is 2.39. The number of hydrogen-bond acceptors (Lipinski definition) is 4. The van der Waals surface area contributed by atoms with Crippen molar-refractivity contribution in [2.24, 2.45) is 0 Å². The number of aryl methyl sites for hydroxylation is 1. The summed E-state index contributed by atoms with van der Waals surface area (Å²) < 4.78 is 1.13. The Bertz CT molecular complexity index is 783. The molecule has 4 heteroatoms. The van der Waals surface area contributed by atoms with Crippen molar-refractivity contribution in [1.29, 1.82) is 0 Å². The highest BCUT2D eigenvalue weighted by Gasteiger charge is 2.29. The van der Waals surface area contributed by atoms with Gasteiger partial charge in [0.15, 0.2) is 0 Å². The first-order valence-electron chi connectivity index (χ1n) is 7.28. The van der Waals surface area contributed by atoms with Gasteiger partial charge in [0.05, 0.1) is 16.3 Å². The highest BCUT2D eigenvalue weighted by atomic mass is 32.1. The average Bonchev–Trinajstić information content (AvgIpc) is 3.01. The average molecular weight is 296 g/mol. The van der Waals surface area contributed by atoms with Gasteiger partial charge in [-0.1, -0.05) is 6.07 Å². The largest absolute Gasteiger partial charge is 0.388 e. The summed E-state index contributed by atoms with van der Waals surface area (Å²) in [6.07, 6.45) is 6.25. The number of aliphatic hydroxyl groups is 1. The minimum Gasteiger partial charge on any atom is -0.388 e. The zero-order valence-electron chi connectivity index (χ0n) is 11.6. The number of fused-ring (bicyclic) bond motifs is 2. The van der Waals surface area contributed by atoms with Crippen molar-refractivity contribution >= 4 is 21.6 Å². The second-order valence-electron chi connectivity index (χ2n) is 5.56. The van der Waals surface area contributed by atoms with Crippen molar-refractivity contribution in [3.05, 3.63) is 58.9 Å². The molecule has 0 spiro atoms. The van der Waals surface area contributed by atoms with E-state index in [2.05, 4.69) is 22.1 Å². The summed E-state index contributed by atoms with van der Waals surface area (Å²) in [7, 11) is 0. The van der Waals surface area contributed by atoms with Crippen molar-refractivity contribution in [3.63, 3.8) is 0 Å². The predicted molar refractivity (Wildman–Crippen MR) is 84.5 cm³/mol. The van der Waals surface area contributed by atoms with Gasteiger partial charge in [-0.2, -0.15) is 0 Å². The van der Waals surface area contributed by atoms with E-state index in [1.807, 2.05) is 23.7 Å². The Morgan fingerprint density at radius 2 is 2.24 bits per heavy atom. The van der Waals surface area contributed by atoms with Crippen LogP contribution in [0.2, 0.25) is 0 Å². The van der Waals surface area contributed by atoms with Gasteiger partial charge in [-0.3, -0.25) is 9.97 Å². The SMILES string of the molecule is OC(c1cnc2ccsc2c1)C1CCCc2cccnc21. The molecule has 0 amide bonds. The van der Waals surface area contributed by atoms with Crippen LogP contribution in [0.4, 0.5) is 0 Å². The summed E-state index contributed by atoms with van der Waals surface area (Å²) in [5, 5.41) is 12.8. The van der Waals surface area contributed by atoms with Crippen molar-refractivity contribution < 1.29 is 5.11 Å². The number of thiophene rings is 1. The van der Waals surface area contributed by atoms with E-state index in [-0.39, 0.29) is 5.92 Å². The standard InChI is InChI=1S/C17H16N2OS/c20-17(12-9-15-14(19-10-12)6-8-21-15)13-5-1-3-11-4-2-7-18-16(11)13/h2,4,6-10,13,17,20H,1,3,5H2. The first-order chi connectivity index (χ1) is 10.3. The molecule has 0 saturated heterocycles. The van der Waals surface area contributed by atoms with Gasteiger partial charge < -0.3 is 5.11 Å². The van der Waals surface area contributed by atoms with Crippen LogP contribution in [0.15, 0.2) is 42.0 Å². The second kappa shape index (κ2) is 5.20. The third-order valence-corrected chi connectivity index (χ3v) is 5.14. The maximum absolute atomic E-state index is 10.8. The van der Waals surface area contributed by atoms with Crippen molar-refractivity contribution in [2.75, 3.05) is 0 Å². The van der Waals surface area contributed by atoms with E-state index in [1.165, 1.54) is 5.56 Å². The summed E-state index contributed by atoms with van der Waals surface area (Å²) in [6, 6.07) is 8.18. The summed E-state index contributed by atoms with van der Waals surface area (Å²) >= 11 is 1.66. The van der Waals surface area contributed by atoms with E-state index >= 15 is 0 Å². The van der Waals surface area contributed by atoms with Gasteiger partial charge in [0, 0.05) is 29.6 Å². The van der Waals surface area contributed by atoms with Gasteiger partial charge in [-0.15, -0.1) is 11.3 Å². The van der Waals surface area contributed by atoms with E-state index in [1.54, 1.807) is 17.5 Å². The molecule has 1 N–H and O–H groups in total. The molecule has 21 heavy (non-hydrogen) atoms. The number of hydrogen-bond donors (Lipinski definition) is 1. The van der Waals surface area contributed by atoms with Crippen LogP contribution in [-0.4, -0.2) is 15.1 Å². The quantitative estimate of drug-likeness (QED) is 0.781. The predicted octanol–water partition coefficient (Wildman–Crippen LogP) is 3.84. The fourth-order valence-electron chi connectivity index (χ4n) is 3.21. The van der Waals surface area contributed by atoms with Crippen LogP contribution in [-0.2, 0) is 6.42 Å². The first-order valence-corrected chi connectivity index (χ1v) is 8.16. The van der Waals surface area contributed by atoms with Crippen LogP contribution in [0.3, 0.4) is 0 Å². The van der Waals surface area contributed by atoms with Gasteiger partial charge in [-0.05, 0) is 48.4 Å². The monoisotopic (exact) mass is 296 g/mol. The van der Waals surface area contributed by atoms with Gasteiger partial charge >= 0.3 is 0 Å². The minimum absolute atomic E-state index is 0.0779. The molecular formula is C17H16N2OS. The minimum atomic E-state index is -0.530. The van der Waals surface area contributed by atoms with Crippen molar-refractivity contribution in [1.82, 2.24) is 9.97 Å². The third-order valence-electron chi connectivity index (χ3n) is 4.29. The molecule has 0 radical (unpaired) electrons. The summed E-state index contributed by atoms with van der Waals surface area (Å²) in [4.78, 5) is 8.96. The number of aromatic nitrogens is 2. The fourth-order valence-corrected chi connectivity index (χ4v) is 4.00. The second-order valence-corrected chi connectivity index (χ2v) is 6.51. The zero-order valence-corrected chi connectivity index (χ0v) is 12.4. The number of pyridine rings is 2. The maximum Gasteiger partial charge on any atom is 0.0889 e. The Morgan fingerprint density at radius 3 is 3.19 bits per heavy atom. The topological polar surface area (TPSA) is 46.0 Å². The molecule has 0 saturated carbocycles. The molecule has 3 aromatic rings. The summed E-state index contributed by atoms with van der Waals surface area (Å²) in [5.41, 5.74) is 4.23. The molecule has 0 aliphatic heterocycles. The molecule has 2 unspecified atom stereocenters. The third kappa shape index (κ3) is 2.24. The van der Waals surface area contributed by atoms with E-state index in [9.17, 15) is 5.11 Å². The van der Waals surface area contributed by atoms with Crippen molar-refractivity contribution in [2.45, 2.75) is 31.3 Å². The lowest BCUT2D eigenvalue weighted by Gasteiger charge is -2.28. The van der Waals surface area contributed by atoms with Crippen LogP contribution in [0.5, 0.6) is 0 Å². The molecule has 1 aliphatic rings. The highest BCUT2D eigenvalue weighted by molar-refractivity contribution is 7.17. The zero-order chi connectivity index (χ0) is 14.2. The molecule has 0 bridgehead atoms. The Labute approximate surface area is 127 Å². The lowest BCUT2D eigenvalue weighted by atomic mass is 9.81. The Kier molecular flexibility index (Phi) is 3.20. The van der Waals surface area contributed by atoms with Crippen LogP contribution in [0.25, 0.3) is 10.2 Å². The molecule has 4 rings (SSSR count). The molecule has 0 aromatic carbocycles. The maximum atomic E-state index is 10.8. The van der Waals surface area contributed by atoms with Crippen LogP contribution >= 0.6 is 11.3 Å². The fraction of sp³-hybridized carbons (Fsp3) is 0.294. The Balaban J connectivity index is 1.73. The number of nitrogens with zero attached hydrogens (tertiary/aromatic N) is 2. The molecule has 0 fully saturated rings. The normalized spacial score (nSPS) is 19.4. The van der Waals surface area contributed by atoms with E-state index < -0.39 is 6.10 Å². The number of aliphatic hydroxyl groups excluding tert-OH is 1. The van der Waals surface area contributed by atoms with E-state index in [4.69, 9.17) is 0 Å². The first kappa shape index (κ1) is 12.9. The van der Waals surface area contributed by atoms with Crippen molar-refractivity contribution in [3.8, 4) is 0 Å². The van der Waals surface area contributed by atoms with Crippen LogP contribution in [0, 0.1) is 0 Å². The molecular weight excluding hydrogens is 280 g/mol. The van der Waals surface area contributed by atoms with Gasteiger partial charge in [0.25, 0.3) is 0 Å². The smallest absolute Gasteiger partial charge is 0.0889 e. The van der Waals surface area contributed by atoms with Gasteiger partial charge in [-0.25, -0.2) is 0 Å². The van der Waals surface area contributed by atoms with E-state index in [0.29, 0.717) is 0 Å². The van der Waals surface area contributed by atoms with Gasteiger partial charge in [0.2, 0.25) is 0 Å².